The number of carbonyl (C=O) groups excluding carboxylic acids is 1. The van der Waals surface area contributed by atoms with Crippen molar-refractivity contribution in [3.8, 4) is 0 Å². The van der Waals surface area contributed by atoms with Crippen LogP contribution < -0.4 is 56.5 Å². The molecule has 0 aliphatic carbocycles. The Morgan fingerprint density at radius 1 is 1.38 bits per heavy atom. The molecule has 0 saturated carbocycles. The van der Waals surface area contributed by atoms with E-state index < -0.39 is 5.97 Å². The summed E-state index contributed by atoms with van der Waals surface area (Å²) >= 11 is 0. The van der Waals surface area contributed by atoms with Crippen LogP contribution in [0.3, 0.4) is 0 Å². The second-order valence-electron chi connectivity index (χ2n) is 2.75. The summed E-state index contributed by atoms with van der Waals surface area (Å²) in [5, 5.41) is 10.5. The average Bonchev–Trinajstić information content (AvgIpc) is 2.31. The van der Waals surface area contributed by atoms with Gasteiger partial charge >= 0.3 is 57.4 Å². The summed E-state index contributed by atoms with van der Waals surface area (Å²) in [5.41, 5.74) is 0.876. The summed E-state index contributed by atoms with van der Waals surface area (Å²) < 4.78 is 9.36. The van der Waals surface area contributed by atoms with Crippen molar-refractivity contribution in [1.29, 1.82) is 0 Å². The second-order valence-corrected chi connectivity index (χ2v) is 2.75. The van der Waals surface area contributed by atoms with Crippen LogP contribution in [0, 0.1) is 0 Å². The first-order chi connectivity index (χ1) is 7.27. The number of rotatable bonds is 4. The standard InChI is InChI=1S/C11H12O4.K/c1-14-11(13)10(7-12)15-8-9-5-3-2-4-6-9;/h2-7,12H,8H2,1H3;/q;+1/p-1. The first kappa shape index (κ1) is 15.7. The SMILES string of the molecule is COC(=O)C(=C[O-])OCc1ccccc1.[K+]. The number of hydrogen-bond acceptors (Lipinski definition) is 4. The molecular weight excluding hydrogens is 235 g/mol. The molecule has 0 unspecified atom stereocenters. The molecule has 1 aromatic carbocycles. The minimum absolute atomic E-state index is 0. The van der Waals surface area contributed by atoms with Crippen LogP contribution >= 0.6 is 0 Å². The van der Waals surface area contributed by atoms with Crippen LogP contribution in [0.15, 0.2) is 42.4 Å². The summed E-state index contributed by atoms with van der Waals surface area (Å²) in [6, 6.07) is 9.22. The summed E-state index contributed by atoms with van der Waals surface area (Å²) in [6.45, 7) is 0.171. The molecule has 0 aromatic heterocycles. The van der Waals surface area contributed by atoms with Gasteiger partial charge < -0.3 is 14.6 Å². The third kappa shape index (κ3) is 5.13. The van der Waals surface area contributed by atoms with Crippen molar-refractivity contribution in [2.45, 2.75) is 6.61 Å². The molecule has 1 aromatic rings. The van der Waals surface area contributed by atoms with Gasteiger partial charge in [-0.1, -0.05) is 36.6 Å². The topological polar surface area (TPSA) is 58.6 Å². The van der Waals surface area contributed by atoms with Gasteiger partial charge in [0.25, 0.3) is 0 Å². The van der Waals surface area contributed by atoms with Gasteiger partial charge in [-0.3, -0.25) is 0 Å². The second kappa shape index (κ2) is 8.78. The van der Waals surface area contributed by atoms with Crippen LogP contribution in [-0.2, 0) is 20.9 Å². The van der Waals surface area contributed by atoms with Gasteiger partial charge in [0.1, 0.15) is 6.61 Å². The van der Waals surface area contributed by atoms with E-state index in [1.54, 1.807) is 0 Å². The van der Waals surface area contributed by atoms with Gasteiger partial charge in [-0.2, -0.15) is 0 Å². The number of ether oxygens (including phenoxy) is 2. The quantitative estimate of drug-likeness (QED) is 0.257. The van der Waals surface area contributed by atoms with Gasteiger partial charge in [0.05, 0.1) is 7.11 Å². The number of hydrogen-bond donors (Lipinski definition) is 0. The normalized spacial score (nSPS) is 10.2. The Kier molecular flexibility index (Phi) is 8.59. The Hall–Kier alpha value is -0.334. The van der Waals surface area contributed by atoms with Gasteiger partial charge in [0, 0.05) is 0 Å². The van der Waals surface area contributed by atoms with E-state index in [0.717, 1.165) is 5.56 Å². The predicted molar refractivity (Wildman–Crippen MR) is 51.3 cm³/mol. The van der Waals surface area contributed by atoms with E-state index in [0.29, 0.717) is 6.26 Å². The van der Waals surface area contributed by atoms with Crippen LogP contribution in [0.5, 0.6) is 0 Å². The molecule has 0 spiro atoms. The first-order valence-corrected chi connectivity index (χ1v) is 4.35. The number of carbonyl (C=O) groups is 1. The van der Waals surface area contributed by atoms with Crippen molar-refractivity contribution in [3.63, 3.8) is 0 Å². The maximum Gasteiger partial charge on any atom is 1.00 e. The molecule has 1 rings (SSSR count). The van der Waals surface area contributed by atoms with E-state index in [2.05, 4.69) is 4.74 Å². The van der Waals surface area contributed by atoms with Crippen molar-refractivity contribution < 1.29 is 70.8 Å². The zero-order chi connectivity index (χ0) is 11.1. The first-order valence-electron chi connectivity index (χ1n) is 4.35. The molecule has 0 saturated heterocycles. The van der Waals surface area contributed by atoms with Crippen molar-refractivity contribution in [2.75, 3.05) is 7.11 Å². The molecule has 16 heavy (non-hydrogen) atoms. The van der Waals surface area contributed by atoms with Crippen LogP contribution in [0.1, 0.15) is 5.56 Å². The van der Waals surface area contributed by atoms with Crippen LogP contribution in [0.4, 0.5) is 0 Å². The summed E-state index contributed by atoms with van der Waals surface area (Å²) in [4.78, 5) is 10.9. The fourth-order valence-electron chi connectivity index (χ4n) is 0.977. The van der Waals surface area contributed by atoms with Crippen molar-refractivity contribution in [1.82, 2.24) is 0 Å². The Morgan fingerprint density at radius 2 is 2.00 bits per heavy atom. The number of esters is 1. The molecule has 5 heteroatoms. The average molecular weight is 246 g/mol. The maximum atomic E-state index is 10.9. The summed E-state index contributed by atoms with van der Waals surface area (Å²) in [7, 11) is 1.19. The van der Waals surface area contributed by atoms with E-state index in [1.165, 1.54) is 7.11 Å². The Balaban J connectivity index is 0.00000225. The molecule has 0 aliphatic rings. The summed E-state index contributed by atoms with van der Waals surface area (Å²) in [6.07, 6.45) is 0.342. The Morgan fingerprint density at radius 3 is 2.50 bits per heavy atom. The van der Waals surface area contributed by atoms with Crippen LogP contribution in [0.25, 0.3) is 0 Å². The minimum Gasteiger partial charge on any atom is -0.875 e. The smallest absolute Gasteiger partial charge is 0.875 e. The third-order valence-corrected chi connectivity index (χ3v) is 1.73. The van der Waals surface area contributed by atoms with Crippen molar-refractivity contribution in [3.05, 3.63) is 47.9 Å². The molecule has 0 aliphatic heterocycles. The number of methoxy groups -OCH3 is 1. The molecule has 0 radical (unpaired) electrons. The zero-order valence-corrected chi connectivity index (χ0v) is 12.4. The van der Waals surface area contributed by atoms with Gasteiger partial charge in [-0.15, -0.1) is 0 Å². The van der Waals surface area contributed by atoms with E-state index in [9.17, 15) is 9.90 Å². The van der Waals surface area contributed by atoms with Gasteiger partial charge in [0.2, 0.25) is 0 Å². The van der Waals surface area contributed by atoms with Gasteiger partial charge in [-0.05, 0) is 5.56 Å². The molecule has 0 N–H and O–H groups in total. The fraction of sp³-hybridized carbons (Fsp3) is 0.182. The third-order valence-electron chi connectivity index (χ3n) is 1.73. The fourth-order valence-corrected chi connectivity index (χ4v) is 0.977. The van der Waals surface area contributed by atoms with Crippen molar-refractivity contribution in [2.24, 2.45) is 0 Å². The molecule has 0 heterocycles. The van der Waals surface area contributed by atoms with Crippen LogP contribution in [-0.4, -0.2) is 13.1 Å². The van der Waals surface area contributed by atoms with Gasteiger partial charge in [0.15, 0.2) is 5.76 Å². The van der Waals surface area contributed by atoms with E-state index >= 15 is 0 Å². The minimum atomic E-state index is -0.763. The molecule has 0 bridgehead atoms. The maximum absolute atomic E-state index is 10.9. The summed E-state index contributed by atoms with van der Waals surface area (Å²) in [5.74, 6) is -1.08. The molecule has 0 fully saturated rings. The monoisotopic (exact) mass is 246 g/mol. The molecule has 80 valence electrons. The van der Waals surface area contributed by atoms with Crippen LogP contribution in [0.2, 0.25) is 0 Å². The molecule has 4 nitrogen and oxygen atoms in total. The molecular formula is C11H11KO4. The van der Waals surface area contributed by atoms with E-state index in [1.807, 2.05) is 30.3 Å². The Labute approximate surface area is 137 Å². The predicted octanol–water partition coefficient (Wildman–Crippen LogP) is -2.42. The largest absolute Gasteiger partial charge is 1.00 e. The Bertz CT molecular complexity index is 348. The number of benzene rings is 1. The molecule has 0 atom stereocenters. The zero-order valence-electron chi connectivity index (χ0n) is 9.30. The van der Waals surface area contributed by atoms with Crippen molar-refractivity contribution >= 4 is 5.97 Å². The molecule has 0 amide bonds. The van der Waals surface area contributed by atoms with Gasteiger partial charge in [-0.25, -0.2) is 4.79 Å². The van der Waals surface area contributed by atoms with E-state index in [-0.39, 0.29) is 63.8 Å². The van der Waals surface area contributed by atoms with E-state index in [4.69, 9.17) is 4.74 Å².